The van der Waals surface area contributed by atoms with Gasteiger partial charge in [0.2, 0.25) is 0 Å². The highest BCUT2D eigenvalue weighted by molar-refractivity contribution is 7.07. The highest BCUT2D eigenvalue weighted by atomic mass is 35.5. The first-order valence-electron chi connectivity index (χ1n) is 14.8. The van der Waals surface area contributed by atoms with Gasteiger partial charge in [-0.15, -0.1) is 0 Å². The third-order valence-electron chi connectivity index (χ3n) is 7.27. The Kier molecular flexibility index (Phi) is 9.06. The molecule has 0 radical (unpaired) electrons. The van der Waals surface area contributed by atoms with Crippen LogP contribution in [0.5, 0.6) is 0 Å². The van der Waals surface area contributed by atoms with Crippen molar-refractivity contribution in [3.63, 3.8) is 0 Å². The molecule has 5 aromatic rings. The van der Waals surface area contributed by atoms with Crippen molar-refractivity contribution >= 4 is 46.6 Å². The van der Waals surface area contributed by atoms with E-state index in [2.05, 4.69) is 0 Å². The highest BCUT2D eigenvalue weighted by Gasteiger charge is 2.35. The minimum absolute atomic E-state index is 0.106. The van der Waals surface area contributed by atoms with E-state index >= 15 is 0 Å². The van der Waals surface area contributed by atoms with Gasteiger partial charge >= 0.3 is 11.9 Å². The molecule has 2 aromatic heterocycles. The van der Waals surface area contributed by atoms with Gasteiger partial charge in [0.1, 0.15) is 17.3 Å². The molecule has 3 heterocycles. The van der Waals surface area contributed by atoms with Crippen molar-refractivity contribution in [2.45, 2.75) is 32.9 Å². The quantitative estimate of drug-likeness (QED) is 0.174. The molecular weight excluding hydrogens is 643 g/mol. The number of carbonyl (C=O) groups excluding carboxylic acids is 2. The van der Waals surface area contributed by atoms with E-state index in [-0.39, 0.29) is 28.4 Å². The van der Waals surface area contributed by atoms with Gasteiger partial charge in [0.25, 0.3) is 5.56 Å². The number of rotatable bonds is 8. The van der Waals surface area contributed by atoms with Gasteiger partial charge in [0.15, 0.2) is 4.80 Å². The summed E-state index contributed by atoms with van der Waals surface area (Å²) in [5.74, 6) is -0.935. The topological polar surface area (TPSA) is 100 Å². The van der Waals surface area contributed by atoms with E-state index in [9.17, 15) is 18.8 Å². The van der Waals surface area contributed by atoms with Crippen LogP contribution in [0.2, 0.25) is 5.02 Å². The van der Waals surface area contributed by atoms with Gasteiger partial charge in [-0.2, -0.15) is 0 Å². The Morgan fingerprint density at radius 2 is 1.79 bits per heavy atom. The third-order valence-corrected chi connectivity index (χ3v) is 8.49. The number of hydrogen-bond donors (Lipinski definition) is 0. The fourth-order valence-electron chi connectivity index (χ4n) is 5.28. The first-order chi connectivity index (χ1) is 22.6. The van der Waals surface area contributed by atoms with Gasteiger partial charge in [-0.3, -0.25) is 9.36 Å². The second kappa shape index (κ2) is 13.4. The SMILES string of the molecule is CCOC(=O)C1=C(c2ccccc2)N=c2s/c(=C/c3ccc(-c4cc(Cl)ccc4C(=O)OC(C)C)o3)c(=O)n2[C@H]1c1ccc(F)cc1. The molecule has 0 unspecified atom stereocenters. The van der Waals surface area contributed by atoms with Crippen LogP contribution in [0.1, 0.15) is 54.1 Å². The van der Waals surface area contributed by atoms with Crippen LogP contribution < -0.4 is 14.9 Å². The maximum Gasteiger partial charge on any atom is 0.339 e. The molecule has 1 aliphatic rings. The smallest absolute Gasteiger partial charge is 0.339 e. The second-order valence-electron chi connectivity index (χ2n) is 10.8. The maximum atomic E-state index is 14.1. The van der Waals surface area contributed by atoms with E-state index in [0.717, 1.165) is 11.3 Å². The molecule has 11 heteroatoms. The fourth-order valence-corrected chi connectivity index (χ4v) is 6.43. The minimum atomic E-state index is -0.948. The zero-order chi connectivity index (χ0) is 33.2. The molecule has 8 nitrogen and oxygen atoms in total. The molecule has 47 heavy (non-hydrogen) atoms. The molecule has 0 bridgehead atoms. The van der Waals surface area contributed by atoms with E-state index in [0.29, 0.717) is 43.7 Å². The number of nitrogens with zero attached hydrogens (tertiary/aromatic N) is 2. The first kappa shape index (κ1) is 31.9. The minimum Gasteiger partial charge on any atom is -0.463 e. The Bertz CT molecular complexity index is 2200. The van der Waals surface area contributed by atoms with Crippen molar-refractivity contribution in [3.8, 4) is 11.3 Å². The molecule has 1 atom stereocenters. The monoisotopic (exact) mass is 670 g/mol. The largest absolute Gasteiger partial charge is 0.463 e. The number of esters is 2. The summed E-state index contributed by atoms with van der Waals surface area (Å²) < 4.78 is 32.7. The van der Waals surface area contributed by atoms with Crippen LogP contribution in [-0.4, -0.2) is 29.2 Å². The van der Waals surface area contributed by atoms with Crippen LogP contribution in [0.4, 0.5) is 4.39 Å². The average Bonchev–Trinajstić information content (AvgIpc) is 3.64. The van der Waals surface area contributed by atoms with Crippen molar-refractivity contribution in [2.75, 3.05) is 6.61 Å². The molecule has 0 saturated carbocycles. The molecule has 0 saturated heterocycles. The van der Waals surface area contributed by atoms with Crippen molar-refractivity contribution < 1.29 is 27.9 Å². The number of carbonyl (C=O) groups is 2. The predicted octanol–water partition coefficient (Wildman–Crippen LogP) is 6.55. The number of halogens is 2. The maximum absolute atomic E-state index is 14.1. The molecule has 3 aromatic carbocycles. The Labute approximate surface area is 277 Å². The zero-order valence-corrected chi connectivity index (χ0v) is 27.1. The zero-order valence-electron chi connectivity index (χ0n) is 25.5. The van der Waals surface area contributed by atoms with Crippen molar-refractivity contribution in [3.05, 3.63) is 143 Å². The summed E-state index contributed by atoms with van der Waals surface area (Å²) in [5.41, 5.74) is 1.96. The standard InChI is InChI=1S/C36H28ClFN2O6S/c1-4-44-35(43)30-31(21-8-6-5-7-9-21)39-36-40(32(30)22-10-13-24(38)14-11-22)33(41)29(47-36)19-25-15-17-28(46-25)27-18-23(37)12-16-26(27)34(42)45-20(2)3/h5-20,32H,4H2,1-3H3/b29-19+/t32-/m0/s1. The molecule has 0 N–H and O–H groups in total. The van der Waals surface area contributed by atoms with E-state index in [1.165, 1.54) is 28.8 Å². The molecular formula is C36H28ClFN2O6S. The molecule has 0 amide bonds. The molecule has 6 rings (SSSR count). The van der Waals surface area contributed by atoms with E-state index < -0.39 is 29.4 Å². The Balaban J connectivity index is 1.51. The Morgan fingerprint density at radius 3 is 2.49 bits per heavy atom. The van der Waals surface area contributed by atoms with Gasteiger partial charge in [0.05, 0.1) is 40.1 Å². The number of benzene rings is 3. The number of hydrogen-bond acceptors (Lipinski definition) is 8. The van der Waals surface area contributed by atoms with E-state index in [4.69, 9.17) is 30.5 Å². The van der Waals surface area contributed by atoms with Gasteiger partial charge in [0, 0.05) is 22.2 Å². The molecule has 1 aliphatic heterocycles. The number of ether oxygens (including phenoxy) is 2. The highest BCUT2D eigenvalue weighted by Crippen LogP contribution is 2.35. The summed E-state index contributed by atoms with van der Waals surface area (Å²) in [6.45, 7) is 5.32. The lowest BCUT2D eigenvalue weighted by atomic mass is 9.93. The lowest BCUT2D eigenvalue weighted by Crippen LogP contribution is -2.40. The second-order valence-corrected chi connectivity index (χ2v) is 12.3. The number of aromatic nitrogens is 1. The number of thiazole rings is 1. The lowest BCUT2D eigenvalue weighted by Gasteiger charge is -2.25. The van der Waals surface area contributed by atoms with Crippen LogP contribution >= 0.6 is 22.9 Å². The normalized spacial score (nSPS) is 14.6. The van der Waals surface area contributed by atoms with Crippen molar-refractivity contribution in [1.29, 1.82) is 0 Å². The van der Waals surface area contributed by atoms with Gasteiger partial charge in [-0.1, -0.05) is 65.4 Å². The summed E-state index contributed by atoms with van der Waals surface area (Å²) in [4.78, 5) is 45.6. The van der Waals surface area contributed by atoms with Gasteiger partial charge in [-0.05, 0) is 68.8 Å². The van der Waals surface area contributed by atoms with Gasteiger partial charge in [-0.25, -0.2) is 19.0 Å². The van der Waals surface area contributed by atoms with Crippen LogP contribution in [-0.2, 0) is 14.3 Å². The third kappa shape index (κ3) is 6.47. The van der Waals surface area contributed by atoms with Crippen molar-refractivity contribution in [2.24, 2.45) is 4.99 Å². The summed E-state index contributed by atoms with van der Waals surface area (Å²) in [5, 5.41) is 0.403. The summed E-state index contributed by atoms with van der Waals surface area (Å²) in [6.07, 6.45) is 1.25. The first-order valence-corrected chi connectivity index (χ1v) is 16.0. The average molecular weight is 671 g/mol. The lowest BCUT2D eigenvalue weighted by molar-refractivity contribution is -0.138. The molecule has 238 valence electrons. The van der Waals surface area contributed by atoms with Crippen LogP contribution in [0.15, 0.2) is 105 Å². The number of furan rings is 1. The Morgan fingerprint density at radius 1 is 1.04 bits per heavy atom. The summed E-state index contributed by atoms with van der Waals surface area (Å²) in [7, 11) is 0. The molecule has 0 fully saturated rings. The number of fused-ring (bicyclic) bond motifs is 1. The summed E-state index contributed by atoms with van der Waals surface area (Å²) >= 11 is 7.38. The Hall–Kier alpha value is -5.06. The fraction of sp³-hybridized carbons (Fsp3) is 0.167. The molecule has 0 aliphatic carbocycles. The van der Waals surface area contributed by atoms with E-state index in [1.54, 1.807) is 57.2 Å². The van der Waals surface area contributed by atoms with Crippen molar-refractivity contribution in [1.82, 2.24) is 4.57 Å². The predicted molar refractivity (Wildman–Crippen MR) is 177 cm³/mol. The van der Waals surface area contributed by atoms with E-state index in [1.807, 2.05) is 30.3 Å². The van der Waals surface area contributed by atoms with Crippen LogP contribution in [0, 0.1) is 5.82 Å². The van der Waals surface area contributed by atoms with Gasteiger partial charge < -0.3 is 13.9 Å². The van der Waals surface area contributed by atoms with Crippen LogP contribution in [0.3, 0.4) is 0 Å². The summed E-state index contributed by atoms with van der Waals surface area (Å²) in [6, 6.07) is 21.9. The molecule has 0 spiro atoms. The van der Waals surface area contributed by atoms with Crippen LogP contribution in [0.25, 0.3) is 23.1 Å².